The van der Waals surface area contributed by atoms with E-state index in [1.54, 1.807) is 6.07 Å². The number of nitrogen functional groups attached to an aromatic ring is 1. The second-order valence-corrected chi connectivity index (χ2v) is 5.22. The Kier molecular flexibility index (Phi) is 2.51. The highest BCUT2D eigenvalue weighted by atomic mass is 15.2. The molecule has 0 saturated carbocycles. The van der Waals surface area contributed by atoms with Crippen LogP contribution >= 0.6 is 0 Å². The molecular formula is C13H17N3. The first kappa shape index (κ1) is 10.8. The quantitative estimate of drug-likeness (QED) is 0.732. The summed E-state index contributed by atoms with van der Waals surface area (Å²) in [6.07, 6.45) is 1.19. The molecule has 0 atom stereocenters. The molecule has 1 saturated heterocycles. The van der Waals surface area contributed by atoms with E-state index >= 15 is 0 Å². The molecule has 0 unspecified atom stereocenters. The van der Waals surface area contributed by atoms with Gasteiger partial charge in [-0.2, -0.15) is 5.26 Å². The molecule has 2 N–H and O–H groups in total. The summed E-state index contributed by atoms with van der Waals surface area (Å²) in [4.78, 5) is 2.30. The normalized spacial score (nSPS) is 18.4. The Morgan fingerprint density at radius 2 is 2.19 bits per heavy atom. The molecule has 2 rings (SSSR count). The lowest BCUT2D eigenvalue weighted by Gasteiger charge is -2.23. The Morgan fingerprint density at radius 1 is 1.44 bits per heavy atom. The second-order valence-electron chi connectivity index (χ2n) is 5.22. The van der Waals surface area contributed by atoms with Crippen LogP contribution in [0.4, 0.5) is 11.4 Å². The highest BCUT2D eigenvalue weighted by Crippen LogP contribution is 2.35. The minimum Gasteiger partial charge on any atom is -0.397 e. The summed E-state index contributed by atoms with van der Waals surface area (Å²) in [6, 6.07) is 7.64. The Morgan fingerprint density at radius 3 is 2.69 bits per heavy atom. The van der Waals surface area contributed by atoms with E-state index in [4.69, 9.17) is 11.0 Å². The molecule has 1 aliphatic heterocycles. The third kappa shape index (κ3) is 1.96. The highest BCUT2D eigenvalue weighted by Gasteiger charge is 2.29. The minimum atomic E-state index is 0.361. The zero-order valence-corrected chi connectivity index (χ0v) is 9.83. The van der Waals surface area contributed by atoms with Gasteiger partial charge in [0.15, 0.2) is 0 Å². The van der Waals surface area contributed by atoms with E-state index in [1.165, 1.54) is 6.42 Å². The van der Waals surface area contributed by atoms with Gasteiger partial charge in [0.2, 0.25) is 0 Å². The first-order valence-electron chi connectivity index (χ1n) is 5.56. The van der Waals surface area contributed by atoms with Crippen LogP contribution in [0.25, 0.3) is 0 Å². The molecule has 1 aromatic carbocycles. The zero-order chi connectivity index (χ0) is 11.8. The zero-order valence-electron chi connectivity index (χ0n) is 9.83. The van der Waals surface area contributed by atoms with E-state index in [0.29, 0.717) is 16.7 Å². The molecule has 0 bridgehead atoms. The minimum absolute atomic E-state index is 0.361. The predicted octanol–water partition coefficient (Wildman–Crippen LogP) is 2.38. The molecule has 0 aliphatic carbocycles. The SMILES string of the molecule is CC1(C)CCN(c2ccc(C#N)cc2N)C1. The molecule has 84 valence electrons. The second kappa shape index (κ2) is 3.71. The van der Waals surface area contributed by atoms with Crippen molar-refractivity contribution in [2.24, 2.45) is 5.41 Å². The van der Waals surface area contributed by atoms with Gasteiger partial charge in [-0.25, -0.2) is 0 Å². The molecule has 1 aliphatic rings. The van der Waals surface area contributed by atoms with Gasteiger partial charge < -0.3 is 10.6 Å². The van der Waals surface area contributed by atoms with Gasteiger partial charge in [-0.3, -0.25) is 0 Å². The van der Waals surface area contributed by atoms with E-state index in [0.717, 1.165) is 18.8 Å². The molecule has 0 amide bonds. The van der Waals surface area contributed by atoms with Crippen LogP contribution in [-0.4, -0.2) is 13.1 Å². The molecule has 0 spiro atoms. The number of benzene rings is 1. The third-order valence-electron chi connectivity index (χ3n) is 3.17. The highest BCUT2D eigenvalue weighted by molar-refractivity contribution is 5.70. The smallest absolute Gasteiger partial charge is 0.0992 e. The third-order valence-corrected chi connectivity index (χ3v) is 3.17. The van der Waals surface area contributed by atoms with Crippen molar-refractivity contribution in [2.45, 2.75) is 20.3 Å². The van der Waals surface area contributed by atoms with Crippen molar-refractivity contribution >= 4 is 11.4 Å². The van der Waals surface area contributed by atoms with Gasteiger partial charge in [0.1, 0.15) is 0 Å². The fourth-order valence-corrected chi connectivity index (χ4v) is 2.23. The molecule has 1 aromatic rings. The van der Waals surface area contributed by atoms with E-state index in [1.807, 2.05) is 12.1 Å². The van der Waals surface area contributed by atoms with Crippen molar-refractivity contribution in [3.63, 3.8) is 0 Å². The van der Waals surface area contributed by atoms with Crippen LogP contribution in [0.2, 0.25) is 0 Å². The average molecular weight is 215 g/mol. The summed E-state index contributed by atoms with van der Waals surface area (Å²) in [5.74, 6) is 0. The van der Waals surface area contributed by atoms with Crippen molar-refractivity contribution in [1.29, 1.82) is 5.26 Å². The van der Waals surface area contributed by atoms with Crippen molar-refractivity contribution in [3.8, 4) is 6.07 Å². The Labute approximate surface area is 96.5 Å². The largest absolute Gasteiger partial charge is 0.397 e. The lowest BCUT2D eigenvalue weighted by atomic mass is 9.93. The molecule has 1 heterocycles. The average Bonchev–Trinajstić information content (AvgIpc) is 2.58. The van der Waals surface area contributed by atoms with Gasteiger partial charge >= 0.3 is 0 Å². The van der Waals surface area contributed by atoms with Crippen molar-refractivity contribution in [3.05, 3.63) is 23.8 Å². The molecule has 3 heteroatoms. The number of nitrogens with zero attached hydrogens (tertiary/aromatic N) is 2. The van der Waals surface area contributed by atoms with Crippen molar-refractivity contribution in [1.82, 2.24) is 0 Å². The Balaban J connectivity index is 2.26. The summed E-state index contributed by atoms with van der Waals surface area (Å²) in [7, 11) is 0. The summed E-state index contributed by atoms with van der Waals surface area (Å²) in [5, 5.41) is 8.78. The summed E-state index contributed by atoms with van der Waals surface area (Å²) in [5.41, 5.74) is 8.72. The van der Waals surface area contributed by atoms with Gasteiger partial charge in [0.05, 0.1) is 23.0 Å². The maximum Gasteiger partial charge on any atom is 0.0992 e. The fourth-order valence-electron chi connectivity index (χ4n) is 2.23. The first-order chi connectivity index (χ1) is 7.52. The van der Waals surface area contributed by atoms with Crippen LogP contribution in [0.5, 0.6) is 0 Å². The number of hydrogen-bond acceptors (Lipinski definition) is 3. The number of nitrogens with two attached hydrogens (primary N) is 1. The van der Waals surface area contributed by atoms with Gasteiger partial charge in [-0.1, -0.05) is 13.8 Å². The van der Waals surface area contributed by atoms with Crippen LogP contribution in [0.15, 0.2) is 18.2 Å². The lowest BCUT2D eigenvalue weighted by Crippen LogP contribution is -2.23. The van der Waals surface area contributed by atoms with Crippen LogP contribution in [0, 0.1) is 16.7 Å². The van der Waals surface area contributed by atoms with E-state index < -0.39 is 0 Å². The maximum atomic E-state index is 8.78. The maximum absolute atomic E-state index is 8.78. The molecule has 3 nitrogen and oxygen atoms in total. The van der Waals surface area contributed by atoms with Crippen LogP contribution in [-0.2, 0) is 0 Å². The molecular weight excluding hydrogens is 198 g/mol. The topological polar surface area (TPSA) is 53.0 Å². The van der Waals surface area contributed by atoms with E-state index in [-0.39, 0.29) is 0 Å². The molecule has 16 heavy (non-hydrogen) atoms. The first-order valence-corrected chi connectivity index (χ1v) is 5.56. The summed E-state index contributed by atoms with van der Waals surface area (Å²) < 4.78 is 0. The number of rotatable bonds is 1. The van der Waals surface area contributed by atoms with Crippen LogP contribution in [0.3, 0.4) is 0 Å². The van der Waals surface area contributed by atoms with Gasteiger partial charge in [-0.05, 0) is 30.0 Å². The predicted molar refractivity (Wildman–Crippen MR) is 66.2 cm³/mol. The molecule has 1 fully saturated rings. The van der Waals surface area contributed by atoms with E-state index in [2.05, 4.69) is 24.8 Å². The Bertz CT molecular complexity index is 443. The monoisotopic (exact) mass is 215 g/mol. The number of nitriles is 1. The number of hydrogen-bond donors (Lipinski definition) is 1. The summed E-state index contributed by atoms with van der Waals surface area (Å²) in [6.45, 7) is 6.62. The van der Waals surface area contributed by atoms with Gasteiger partial charge in [0.25, 0.3) is 0 Å². The van der Waals surface area contributed by atoms with Crippen molar-refractivity contribution in [2.75, 3.05) is 23.7 Å². The van der Waals surface area contributed by atoms with Gasteiger partial charge in [-0.15, -0.1) is 0 Å². The number of anilines is 2. The summed E-state index contributed by atoms with van der Waals surface area (Å²) >= 11 is 0. The fraction of sp³-hybridized carbons (Fsp3) is 0.462. The van der Waals surface area contributed by atoms with Crippen LogP contribution < -0.4 is 10.6 Å². The molecule has 0 aromatic heterocycles. The molecule has 0 radical (unpaired) electrons. The lowest BCUT2D eigenvalue weighted by molar-refractivity contribution is 0.418. The standard InChI is InChI=1S/C13H17N3/c1-13(2)5-6-16(9-13)12-4-3-10(8-14)7-11(12)15/h3-4,7H,5-6,9,15H2,1-2H3. The Hall–Kier alpha value is -1.69. The van der Waals surface area contributed by atoms with Crippen LogP contribution in [0.1, 0.15) is 25.8 Å². The van der Waals surface area contributed by atoms with E-state index in [9.17, 15) is 0 Å². The van der Waals surface area contributed by atoms with Gasteiger partial charge in [0, 0.05) is 13.1 Å². The van der Waals surface area contributed by atoms with Crippen molar-refractivity contribution < 1.29 is 0 Å².